The van der Waals surface area contributed by atoms with Gasteiger partial charge in [0.2, 0.25) is 0 Å². The van der Waals surface area contributed by atoms with E-state index in [-0.39, 0.29) is 23.5 Å². The molecule has 0 aliphatic carbocycles. The molecule has 216 valence electrons. The van der Waals surface area contributed by atoms with Crippen molar-refractivity contribution in [1.29, 1.82) is 0 Å². The van der Waals surface area contributed by atoms with E-state index < -0.39 is 18.0 Å². The van der Waals surface area contributed by atoms with Gasteiger partial charge in [-0.1, -0.05) is 17.4 Å². The Morgan fingerprint density at radius 3 is 2.44 bits per heavy atom. The number of methoxy groups -OCH3 is 2. The number of hydrogen-bond donors (Lipinski definition) is 0. The van der Waals surface area contributed by atoms with Crippen molar-refractivity contribution in [3.05, 3.63) is 76.9 Å². The van der Waals surface area contributed by atoms with Crippen LogP contribution in [0.5, 0.6) is 23.0 Å². The van der Waals surface area contributed by atoms with E-state index in [1.807, 2.05) is 6.92 Å². The molecule has 41 heavy (non-hydrogen) atoms. The Bertz CT molecular complexity index is 1720. The van der Waals surface area contributed by atoms with Crippen molar-refractivity contribution in [3.8, 4) is 23.0 Å². The highest BCUT2D eigenvalue weighted by atomic mass is 79.9. The van der Waals surface area contributed by atoms with Crippen molar-refractivity contribution >= 4 is 45.3 Å². The van der Waals surface area contributed by atoms with E-state index in [0.29, 0.717) is 54.5 Å². The normalized spacial score (nSPS) is 14.7. The number of hydrogen-bond acceptors (Lipinski definition) is 10. The first-order valence-electron chi connectivity index (χ1n) is 12.7. The molecular weight excluding hydrogens is 616 g/mol. The molecule has 0 N–H and O–H groups in total. The van der Waals surface area contributed by atoms with Crippen LogP contribution in [0.1, 0.15) is 44.9 Å². The maximum absolute atomic E-state index is 14.0. The second kappa shape index (κ2) is 12.7. The summed E-state index contributed by atoms with van der Waals surface area (Å²) in [6.45, 7) is 7.06. The molecule has 10 nitrogen and oxygen atoms in total. The molecule has 0 bridgehead atoms. The van der Waals surface area contributed by atoms with E-state index >= 15 is 0 Å². The predicted octanol–water partition coefficient (Wildman–Crippen LogP) is 3.90. The number of aromatic nitrogens is 1. The van der Waals surface area contributed by atoms with Gasteiger partial charge in [0, 0.05) is 6.92 Å². The molecule has 1 aromatic heterocycles. The molecule has 1 atom stereocenters. The zero-order valence-corrected chi connectivity index (χ0v) is 25.8. The minimum Gasteiger partial charge on any atom is -0.493 e. The summed E-state index contributed by atoms with van der Waals surface area (Å²) in [6.07, 6.45) is 1.70. The molecule has 2 aromatic carbocycles. The van der Waals surface area contributed by atoms with E-state index in [1.165, 1.54) is 37.0 Å². The highest BCUT2D eigenvalue weighted by Crippen LogP contribution is 2.38. The Morgan fingerprint density at radius 2 is 1.80 bits per heavy atom. The van der Waals surface area contributed by atoms with Gasteiger partial charge in [-0.2, -0.15) is 0 Å². The molecule has 0 saturated heterocycles. The first kappa shape index (κ1) is 30.1. The van der Waals surface area contributed by atoms with Crippen molar-refractivity contribution in [2.45, 2.75) is 33.7 Å². The van der Waals surface area contributed by atoms with Crippen LogP contribution in [0.3, 0.4) is 0 Å². The summed E-state index contributed by atoms with van der Waals surface area (Å²) in [5.41, 5.74) is 1.61. The number of carbonyl (C=O) groups excluding carboxylic acids is 2. The van der Waals surface area contributed by atoms with Gasteiger partial charge in [-0.05, 0) is 78.2 Å². The monoisotopic (exact) mass is 644 g/mol. The second-order valence-corrected chi connectivity index (χ2v) is 10.6. The first-order valence-corrected chi connectivity index (χ1v) is 14.3. The van der Waals surface area contributed by atoms with Gasteiger partial charge in [0.05, 0.1) is 53.8 Å². The molecule has 12 heteroatoms. The summed E-state index contributed by atoms with van der Waals surface area (Å²) in [4.78, 5) is 43.8. The molecule has 0 saturated carbocycles. The van der Waals surface area contributed by atoms with Gasteiger partial charge in [-0.25, -0.2) is 9.79 Å². The molecule has 4 rings (SSSR count). The second-order valence-electron chi connectivity index (χ2n) is 8.77. The van der Waals surface area contributed by atoms with Crippen LogP contribution in [-0.4, -0.2) is 43.9 Å². The number of nitrogens with zero attached hydrogens (tertiary/aromatic N) is 2. The van der Waals surface area contributed by atoms with Crippen molar-refractivity contribution in [1.82, 2.24) is 4.57 Å². The minimum atomic E-state index is -0.815. The fourth-order valence-corrected chi connectivity index (χ4v) is 6.05. The number of thiazole rings is 1. The van der Waals surface area contributed by atoms with Crippen molar-refractivity contribution in [2.75, 3.05) is 27.4 Å². The van der Waals surface area contributed by atoms with Crippen LogP contribution in [0.25, 0.3) is 6.08 Å². The number of rotatable bonds is 9. The Balaban J connectivity index is 1.94. The third-order valence-corrected chi connectivity index (χ3v) is 7.69. The Hall–Kier alpha value is -3.90. The number of halogens is 1. The van der Waals surface area contributed by atoms with Crippen molar-refractivity contribution < 1.29 is 33.3 Å². The summed E-state index contributed by atoms with van der Waals surface area (Å²) in [5, 5.41) is 0. The highest BCUT2D eigenvalue weighted by Gasteiger charge is 2.34. The summed E-state index contributed by atoms with van der Waals surface area (Å²) < 4.78 is 29.6. The standard InChI is InChI=1S/C29H29BrN2O8S/c1-7-38-22-12-17(11-19(30)26(22)40-16(4)33)13-23-27(34)32-25(18-9-10-20(36-5)21(14-18)37-6)24(28(35)39-8-2)15(3)31-29(32)41-23/h9-14,25H,7-8H2,1-6H3/b23-13-/t25-/m0/s1. The average molecular weight is 646 g/mol. The Kier molecular flexibility index (Phi) is 9.34. The van der Waals surface area contributed by atoms with Crippen LogP contribution in [0, 0.1) is 0 Å². The summed E-state index contributed by atoms with van der Waals surface area (Å²) in [7, 11) is 3.05. The zero-order chi connectivity index (χ0) is 29.8. The summed E-state index contributed by atoms with van der Waals surface area (Å²) in [6, 6.07) is 7.83. The lowest BCUT2D eigenvalue weighted by atomic mass is 9.95. The van der Waals surface area contributed by atoms with Gasteiger partial charge in [-0.3, -0.25) is 14.2 Å². The molecule has 0 radical (unpaired) electrons. The zero-order valence-electron chi connectivity index (χ0n) is 23.4. The van der Waals surface area contributed by atoms with E-state index in [1.54, 1.807) is 50.3 Å². The van der Waals surface area contributed by atoms with Gasteiger partial charge in [0.25, 0.3) is 5.56 Å². The molecule has 3 aromatic rings. The lowest BCUT2D eigenvalue weighted by molar-refractivity contribution is -0.139. The van der Waals surface area contributed by atoms with Crippen LogP contribution in [0.4, 0.5) is 0 Å². The number of allylic oxidation sites excluding steroid dienone is 1. The Labute approximate surface area is 248 Å². The molecule has 0 spiro atoms. The number of esters is 2. The first-order chi connectivity index (χ1) is 19.6. The molecular formula is C29H29BrN2O8S. The van der Waals surface area contributed by atoms with E-state index in [0.717, 1.165) is 0 Å². The number of carbonyl (C=O) groups is 2. The lowest BCUT2D eigenvalue weighted by Gasteiger charge is -2.25. The number of fused-ring (bicyclic) bond motifs is 1. The highest BCUT2D eigenvalue weighted by molar-refractivity contribution is 9.10. The van der Waals surface area contributed by atoms with Crippen LogP contribution >= 0.6 is 27.3 Å². The van der Waals surface area contributed by atoms with E-state index in [2.05, 4.69) is 20.9 Å². The van der Waals surface area contributed by atoms with Gasteiger partial charge >= 0.3 is 11.9 Å². The predicted molar refractivity (Wildman–Crippen MR) is 157 cm³/mol. The third kappa shape index (κ3) is 6.08. The quantitative estimate of drug-likeness (QED) is 0.254. The number of benzene rings is 2. The third-order valence-electron chi connectivity index (χ3n) is 6.12. The molecule has 0 fully saturated rings. The van der Waals surface area contributed by atoms with Crippen LogP contribution in [-0.2, 0) is 14.3 Å². The molecule has 0 amide bonds. The topological polar surface area (TPSA) is 115 Å². The minimum absolute atomic E-state index is 0.166. The molecule has 2 heterocycles. The van der Waals surface area contributed by atoms with Gasteiger partial charge in [-0.15, -0.1) is 0 Å². The van der Waals surface area contributed by atoms with E-state index in [4.69, 9.17) is 23.7 Å². The van der Waals surface area contributed by atoms with Gasteiger partial charge in [0.15, 0.2) is 27.8 Å². The Morgan fingerprint density at radius 1 is 1.07 bits per heavy atom. The van der Waals surface area contributed by atoms with Gasteiger partial charge in [0.1, 0.15) is 0 Å². The molecule has 1 aliphatic rings. The van der Waals surface area contributed by atoms with Crippen LogP contribution in [0.2, 0.25) is 0 Å². The maximum atomic E-state index is 14.0. The SMILES string of the molecule is CCOC(=O)C1=C(C)N=c2s/c(=C\c3cc(Br)c(OC(C)=O)c(OCC)c3)c(=O)n2[C@H]1c1ccc(OC)c(OC)c1. The van der Waals surface area contributed by atoms with Crippen LogP contribution < -0.4 is 33.8 Å². The summed E-state index contributed by atoms with van der Waals surface area (Å²) >= 11 is 4.63. The van der Waals surface area contributed by atoms with Crippen LogP contribution in [0.15, 0.2) is 55.9 Å². The van der Waals surface area contributed by atoms with Gasteiger partial charge < -0.3 is 23.7 Å². The van der Waals surface area contributed by atoms with Crippen molar-refractivity contribution in [3.63, 3.8) is 0 Å². The number of ether oxygens (including phenoxy) is 5. The van der Waals surface area contributed by atoms with Crippen molar-refractivity contribution in [2.24, 2.45) is 4.99 Å². The smallest absolute Gasteiger partial charge is 0.338 e. The van der Waals surface area contributed by atoms with E-state index in [9.17, 15) is 14.4 Å². The average Bonchev–Trinajstić information content (AvgIpc) is 3.23. The lowest BCUT2D eigenvalue weighted by Crippen LogP contribution is -2.40. The fraction of sp³-hybridized carbons (Fsp3) is 0.310. The summed E-state index contributed by atoms with van der Waals surface area (Å²) in [5.74, 6) is 0.506. The fourth-order valence-electron chi connectivity index (χ4n) is 4.46. The maximum Gasteiger partial charge on any atom is 0.338 e. The molecule has 0 unspecified atom stereocenters. The largest absolute Gasteiger partial charge is 0.493 e. The molecule has 1 aliphatic heterocycles.